The Balaban J connectivity index is 2.30. The fourth-order valence-electron chi connectivity index (χ4n) is 1.11. The first-order chi connectivity index (χ1) is 8.49. The van der Waals surface area contributed by atoms with Crippen molar-refractivity contribution in [3.63, 3.8) is 0 Å². The molecule has 1 rings (SSSR count). The number of thioether (sulfide) groups is 1. The van der Waals surface area contributed by atoms with E-state index in [9.17, 15) is 13.6 Å². The second-order valence-electron chi connectivity index (χ2n) is 3.47. The summed E-state index contributed by atoms with van der Waals surface area (Å²) in [5.74, 6) is -1.34. The van der Waals surface area contributed by atoms with E-state index >= 15 is 0 Å². The van der Waals surface area contributed by atoms with Crippen LogP contribution in [0.25, 0.3) is 0 Å². The molecule has 0 aliphatic carbocycles. The van der Waals surface area contributed by atoms with Gasteiger partial charge in [0, 0.05) is 28.1 Å². The van der Waals surface area contributed by atoms with Crippen molar-refractivity contribution in [2.75, 3.05) is 12.3 Å². The first-order valence-electron chi connectivity index (χ1n) is 5.17. The predicted octanol–water partition coefficient (Wildman–Crippen LogP) is 3.47. The van der Waals surface area contributed by atoms with E-state index < -0.39 is 11.6 Å². The average Bonchev–Trinajstić information content (AvgIpc) is 2.31. The number of hydrogen-bond acceptors (Lipinski definition) is 2. The smallest absolute Gasteiger partial charge is 0.221 e. The Morgan fingerprint density at radius 3 is 2.72 bits per heavy atom. The zero-order valence-electron chi connectivity index (χ0n) is 9.51. The molecule has 0 heterocycles. The van der Waals surface area contributed by atoms with Gasteiger partial charge in [0.05, 0.1) is 0 Å². The van der Waals surface area contributed by atoms with Crippen LogP contribution in [0.5, 0.6) is 0 Å². The number of nitrogens with one attached hydrogen (secondary N) is 1. The molecule has 0 fully saturated rings. The van der Waals surface area contributed by atoms with E-state index in [1.165, 1.54) is 17.8 Å². The van der Waals surface area contributed by atoms with Gasteiger partial charge in [-0.05, 0) is 18.2 Å². The number of benzene rings is 1. The van der Waals surface area contributed by atoms with E-state index in [0.29, 0.717) is 28.1 Å². The van der Waals surface area contributed by atoms with Crippen LogP contribution in [0.2, 0.25) is 0 Å². The molecule has 0 atom stereocenters. The van der Waals surface area contributed by atoms with Crippen LogP contribution in [0.3, 0.4) is 0 Å². The summed E-state index contributed by atoms with van der Waals surface area (Å²) in [5.41, 5.74) is 0. The number of carbonyl (C=O) groups excluding carboxylic acids is 1. The third-order valence-electron chi connectivity index (χ3n) is 1.97. The molecule has 1 aromatic carbocycles. The molecule has 0 saturated heterocycles. The summed E-state index contributed by atoms with van der Waals surface area (Å²) in [6.45, 7) is 3.98. The topological polar surface area (TPSA) is 29.1 Å². The Kier molecular flexibility index (Phi) is 6.35. The maximum atomic E-state index is 12.9. The lowest BCUT2D eigenvalue weighted by atomic mass is 10.3. The van der Waals surface area contributed by atoms with E-state index in [1.807, 2.05) is 0 Å². The van der Waals surface area contributed by atoms with Gasteiger partial charge >= 0.3 is 0 Å². The van der Waals surface area contributed by atoms with Gasteiger partial charge in [-0.3, -0.25) is 4.79 Å². The fourth-order valence-corrected chi connectivity index (χ4v) is 2.13. The van der Waals surface area contributed by atoms with E-state index in [4.69, 9.17) is 0 Å². The van der Waals surface area contributed by atoms with Gasteiger partial charge in [-0.2, -0.15) is 0 Å². The quantitative estimate of drug-likeness (QED) is 0.806. The second-order valence-corrected chi connectivity index (χ2v) is 5.76. The maximum Gasteiger partial charge on any atom is 0.221 e. The highest BCUT2D eigenvalue weighted by Gasteiger charge is 2.05. The van der Waals surface area contributed by atoms with Gasteiger partial charge in [0.25, 0.3) is 0 Å². The van der Waals surface area contributed by atoms with Crippen LogP contribution in [0.15, 0.2) is 34.2 Å². The zero-order valence-corrected chi connectivity index (χ0v) is 11.9. The van der Waals surface area contributed by atoms with Crippen molar-refractivity contribution < 1.29 is 13.6 Å². The van der Waals surface area contributed by atoms with Gasteiger partial charge in [0.15, 0.2) is 11.6 Å². The summed E-state index contributed by atoms with van der Waals surface area (Å²) in [7, 11) is 0. The molecule has 0 aliphatic heterocycles. The van der Waals surface area contributed by atoms with Crippen molar-refractivity contribution in [2.24, 2.45) is 0 Å². The van der Waals surface area contributed by atoms with Gasteiger partial charge < -0.3 is 5.32 Å². The molecule has 1 aromatic rings. The molecule has 98 valence electrons. The summed E-state index contributed by atoms with van der Waals surface area (Å²) in [4.78, 5) is 11.9. The van der Waals surface area contributed by atoms with E-state index in [0.717, 1.165) is 12.1 Å². The lowest BCUT2D eigenvalue weighted by Crippen LogP contribution is -2.24. The van der Waals surface area contributed by atoms with Crippen molar-refractivity contribution in [1.82, 2.24) is 5.32 Å². The molecule has 0 unspecified atom stereocenters. The summed E-state index contributed by atoms with van der Waals surface area (Å²) < 4.78 is 26.3. The molecule has 0 radical (unpaired) electrons. The summed E-state index contributed by atoms with van der Waals surface area (Å²) in [6.07, 6.45) is 0.309. The van der Waals surface area contributed by atoms with Crippen molar-refractivity contribution in [3.05, 3.63) is 40.9 Å². The summed E-state index contributed by atoms with van der Waals surface area (Å²) >= 11 is 4.44. The van der Waals surface area contributed by atoms with Gasteiger partial charge in [0.2, 0.25) is 5.91 Å². The molecule has 18 heavy (non-hydrogen) atoms. The van der Waals surface area contributed by atoms with E-state index in [1.54, 1.807) is 0 Å². The van der Waals surface area contributed by atoms with Crippen molar-refractivity contribution in [1.29, 1.82) is 0 Å². The standard InChI is InChI=1S/C12H12BrF2NOS/c1-8(13)7-16-12(17)4-5-18-9-2-3-10(14)11(15)6-9/h2-3,6H,1,4-5,7H2,(H,16,17). The van der Waals surface area contributed by atoms with Crippen LogP contribution >= 0.6 is 27.7 Å². The molecule has 0 saturated carbocycles. The average molecular weight is 336 g/mol. The highest BCUT2D eigenvalue weighted by molar-refractivity contribution is 9.11. The molecule has 0 aromatic heterocycles. The molecule has 0 aliphatic rings. The van der Waals surface area contributed by atoms with Gasteiger partial charge in [0.1, 0.15) is 0 Å². The minimum absolute atomic E-state index is 0.106. The first kappa shape index (κ1) is 15.2. The number of amides is 1. The Labute approximate surface area is 117 Å². The van der Waals surface area contributed by atoms with Crippen LogP contribution < -0.4 is 5.32 Å². The minimum Gasteiger partial charge on any atom is -0.351 e. The van der Waals surface area contributed by atoms with Crippen molar-refractivity contribution >= 4 is 33.6 Å². The molecule has 6 heteroatoms. The predicted molar refractivity (Wildman–Crippen MR) is 72.8 cm³/mol. The van der Waals surface area contributed by atoms with Gasteiger partial charge in [-0.1, -0.05) is 22.5 Å². The largest absolute Gasteiger partial charge is 0.351 e. The van der Waals surface area contributed by atoms with Crippen molar-refractivity contribution in [3.8, 4) is 0 Å². The van der Waals surface area contributed by atoms with E-state index in [2.05, 4.69) is 27.8 Å². The minimum atomic E-state index is -0.875. The first-order valence-corrected chi connectivity index (χ1v) is 6.94. The monoisotopic (exact) mass is 335 g/mol. The molecule has 2 nitrogen and oxygen atoms in total. The molecular formula is C12H12BrF2NOS. The highest BCUT2D eigenvalue weighted by Crippen LogP contribution is 2.20. The van der Waals surface area contributed by atoms with Crippen LogP contribution in [0.4, 0.5) is 8.78 Å². The fraction of sp³-hybridized carbons (Fsp3) is 0.250. The van der Waals surface area contributed by atoms with Crippen LogP contribution in [-0.4, -0.2) is 18.2 Å². The molecule has 0 spiro atoms. The maximum absolute atomic E-state index is 12.9. The molecular weight excluding hydrogens is 324 g/mol. The van der Waals surface area contributed by atoms with Crippen LogP contribution in [0.1, 0.15) is 6.42 Å². The van der Waals surface area contributed by atoms with Crippen LogP contribution in [-0.2, 0) is 4.79 Å². The number of halogens is 3. The number of rotatable bonds is 6. The lowest BCUT2D eigenvalue weighted by Gasteiger charge is -2.04. The summed E-state index contributed by atoms with van der Waals surface area (Å²) in [6, 6.07) is 3.69. The molecule has 1 amide bonds. The van der Waals surface area contributed by atoms with E-state index in [-0.39, 0.29) is 5.91 Å². The number of hydrogen-bond donors (Lipinski definition) is 1. The van der Waals surface area contributed by atoms with Gasteiger partial charge in [-0.25, -0.2) is 8.78 Å². The lowest BCUT2D eigenvalue weighted by molar-refractivity contribution is -0.120. The second kappa shape index (κ2) is 7.53. The third-order valence-corrected chi connectivity index (χ3v) is 3.24. The Bertz CT molecular complexity index is 454. The van der Waals surface area contributed by atoms with Gasteiger partial charge in [-0.15, -0.1) is 11.8 Å². The zero-order chi connectivity index (χ0) is 13.5. The normalized spacial score (nSPS) is 10.2. The Morgan fingerprint density at radius 2 is 2.11 bits per heavy atom. The SMILES string of the molecule is C=C(Br)CNC(=O)CCSc1ccc(F)c(F)c1. The highest BCUT2D eigenvalue weighted by atomic mass is 79.9. The Morgan fingerprint density at radius 1 is 1.39 bits per heavy atom. The van der Waals surface area contributed by atoms with Crippen LogP contribution in [0, 0.1) is 11.6 Å². The third kappa shape index (κ3) is 5.64. The number of carbonyl (C=O) groups is 1. The summed E-state index contributed by atoms with van der Waals surface area (Å²) in [5, 5.41) is 2.66. The Hall–Kier alpha value is -0.880. The molecule has 0 bridgehead atoms. The molecule has 1 N–H and O–H groups in total. The van der Waals surface area contributed by atoms with Crippen molar-refractivity contribution in [2.45, 2.75) is 11.3 Å².